The number of aromatic amines is 1. The van der Waals surface area contributed by atoms with Gasteiger partial charge in [0.25, 0.3) is 18.6 Å². The van der Waals surface area contributed by atoms with E-state index in [0.717, 1.165) is 51.4 Å². The van der Waals surface area contributed by atoms with E-state index in [-0.39, 0.29) is 12.5 Å². The SMILES string of the molecule is O=C(C[n+]1cc(=O)o[nH]1)N1CCC(C2CCN(c3ncccn3)CC2)C1. The number of amides is 1. The number of rotatable bonds is 4. The molecule has 2 aromatic heterocycles. The number of aromatic nitrogens is 4. The van der Waals surface area contributed by atoms with E-state index in [0.29, 0.717) is 11.8 Å². The molecule has 2 fully saturated rings. The summed E-state index contributed by atoms with van der Waals surface area (Å²) >= 11 is 0. The summed E-state index contributed by atoms with van der Waals surface area (Å²) in [7, 11) is 0. The summed E-state index contributed by atoms with van der Waals surface area (Å²) in [6.07, 6.45) is 8.07. The van der Waals surface area contributed by atoms with Gasteiger partial charge in [-0.2, -0.15) is 0 Å². The van der Waals surface area contributed by atoms with E-state index in [1.165, 1.54) is 10.9 Å². The van der Waals surface area contributed by atoms with Crippen LogP contribution in [0.5, 0.6) is 0 Å². The van der Waals surface area contributed by atoms with Crippen molar-refractivity contribution in [3.63, 3.8) is 0 Å². The van der Waals surface area contributed by atoms with Crippen molar-refractivity contribution in [3.05, 3.63) is 35.1 Å². The fourth-order valence-corrected chi connectivity index (χ4v) is 4.03. The van der Waals surface area contributed by atoms with Crippen molar-refractivity contribution >= 4 is 11.9 Å². The average Bonchev–Trinajstić information content (AvgIpc) is 3.32. The number of nitrogens with one attached hydrogen (secondary N) is 1. The Balaban J connectivity index is 1.28. The summed E-state index contributed by atoms with van der Waals surface area (Å²) in [5, 5.41) is 2.42. The Morgan fingerprint density at radius 3 is 2.62 bits per heavy atom. The van der Waals surface area contributed by atoms with Crippen molar-refractivity contribution < 1.29 is 14.0 Å². The minimum Gasteiger partial charge on any atom is -0.341 e. The first kappa shape index (κ1) is 16.7. The first-order chi connectivity index (χ1) is 12.7. The van der Waals surface area contributed by atoms with Gasteiger partial charge in [-0.1, -0.05) is 4.68 Å². The number of hydrogen-bond acceptors (Lipinski definition) is 6. The number of carbonyl (C=O) groups excluding carboxylic acids is 1. The van der Waals surface area contributed by atoms with E-state index in [2.05, 4.69) is 24.7 Å². The molecule has 2 aliphatic heterocycles. The Bertz CT molecular complexity index is 796. The summed E-state index contributed by atoms with van der Waals surface area (Å²) in [5.41, 5.74) is -0.480. The van der Waals surface area contributed by atoms with Gasteiger partial charge in [0.05, 0.1) is 0 Å². The van der Waals surface area contributed by atoms with Crippen LogP contribution in [0.1, 0.15) is 19.3 Å². The van der Waals surface area contributed by atoms with Gasteiger partial charge in [0.1, 0.15) is 0 Å². The second-order valence-corrected chi connectivity index (χ2v) is 7.03. The lowest BCUT2D eigenvalue weighted by Gasteiger charge is -2.34. The number of likely N-dealkylation sites (tertiary alicyclic amines) is 1. The molecule has 1 N–H and O–H groups in total. The van der Waals surface area contributed by atoms with E-state index >= 15 is 0 Å². The Labute approximate surface area is 150 Å². The van der Waals surface area contributed by atoms with Crippen LogP contribution in [0.15, 0.2) is 34.0 Å². The highest BCUT2D eigenvalue weighted by Gasteiger charge is 2.35. The molecule has 2 aliphatic rings. The van der Waals surface area contributed by atoms with Crippen LogP contribution in [-0.4, -0.2) is 52.2 Å². The summed E-state index contributed by atoms with van der Waals surface area (Å²) in [4.78, 5) is 36.2. The molecule has 26 heavy (non-hydrogen) atoms. The summed E-state index contributed by atoms with van der Waals surface area (Å²) < 4.78 is 5.97. The normalized spacial score (nSPS) is 21.3. The van der Waals surface area contributed by atoms with Gasteiger partial charge < -0.3 is 9.80 Å². The first-order valence-electron chi connectivity index (χ1n) is 9.07. The first-order valence-corrected chi connectivity index (χ1v) is 9.07. The molecule has 1 amide bonds. The van der Waals surface area contributed by atoms with Crippen molar-refractivity contribution in [2.75, 3.05) is 31.1 Å². The highest BCUT2D eigenvalue weighted by atomic mass is 16.5. The highest BCUT2D eigenvalue weighted by molar-refractivity contribution is 5.74. The predicted molar refractivity (Wildman–Crippen MR) is 91.2 cm³/mol. The molecule has 4 rings (SSSR count). The summed E-state index contributed by atoms with van der Waals surface area (Å²) in [6.45, 7) is 3.63. The molecule has 2 saturated heterocycles. The maximum absolute atomic E-state index is 12.4. The Morgan fingerprint density at radius 1 is 1.19 bits per heavy atom. The number of H-pyrrole nitrogens is 1. The lowest BCUT2D eigenvalue weighted by Crippen LogP contribution is -2.45. The Morgan fingerprint density at radius 2 is 1.92 bits per heavy atom. The summed E-state index contributed by atoms with van der Waals surface area (Å²) in [5.74, 6) is 2.00. The number of nitrogens with zero attached hydrogens (tertiary/aromatic N) is 5. The maximum Gasteiger partial charge on any atom is 0.426 e. The molecular weight excluding hydrogens is 336 g/mol. The quantitative estimate of drug-likeness (QED) is 0.760. The van der Waals surface area contributed by atoms with Gasteiger partial charge in [-0.3, -0.25) is 9.32 Å². The molecule has 4 heterocycles. The van der Waals surface area contributed by atoms with Crippen LogP contribution in [0.4, 0.5) is 5.95 Å². The van der Waals surface area contributed by atoms with Crippen molar-refractivity contribution in [1.82, 2.24) is 20.1 Å². The zero-order valence-corrected chi connectivity index (χ0v) is 14.6. The smallest absolute Gasteiger partial charge is 0.341 e. The van der Waals surface area contributed by atoms with Crippen LogP contribution < -0.4 is 15.2 Å². The van der Waals surface area contributed by atoms with E-state index in [1.54, 1.807) is 12.4 Å². The van der Waals surface area contributed by atoms with Gasteiger partial charge in [0.2, 0.25) is 5.95 Å². The van der Waals surface area contributed by atoms with Gasteiger partial charge in [-0.05, 0) is 42.4 Å². The molecule has 0 radical (unpaired) electrons. The second-order valence-electron chi connectivity index (χ2n) is 7.03. The predicted octanol–water partition coefficient (Wildman–Crippen LogP) is -0.189. The van der Waals surface area contributed by atoms with Crippen molar-refractivity contribution in [2.45, 2.75) is 25.8 Å². The molecule has 0 bridgehead atoms. The standard InChI is InChI=1S/C17H22N6O3/c24-15(11-23-12-16(25)26-20-23)22-9-4-14(10-22)13-2-7-21(8-3-13)17-18-5-1-6-19-17/h1,5-6,12-14H,2-4,7-11H2/p+1. The van der Waals surface area contributed by atoms with Gasteiger partial charge in [0, 0.05) is 38.6 Å². The van der Waals surface area contributed by atoms with Crippen LogP contribution in [0.2, 0.25) is 0 Å². The van der Waals surface area contributed by atoms with Gasteiger partial charge in [-0.15, -0.1) is 0 Å². The monoisotopic (exact) mass is 359 g/mol. The van der Waals surface area contributed by atoms with Crippen molar-refractivity contribution in [1.29, 1.82) is 0 Å². The number of carbonyl (C=O) groups is 1. The molecule has 2 aromatic rings. The fourth-order valence-electron chi connectivity index (χ4n) is 4.03. The third-order valence-electron chi connectivity index (χ3n) is 5.45. The topological polar surface area (TPSA) is 99.2 Å². The van der Waals surface area contributed by atoms with Crippen LogP contribution in [0.3, 0.4) is 0 Å². The highest BCUT2D eigenvalue weighted by Crippen LogP contribution is 2.32. The van der Waals surface area contributed by atoms with Crippen LogP contribution in [-0.2, 0) is 11.3 Å². The number of piperidine rings is 1. The van der Waals surface area contributed by atoms with Crippen LogP contribution in [0.25, 0.3) is 0 Å². The Hall–Kier alpha value is -2.71. The van der Waals surface area contributed by atoms with Crippen molar-refractivity contribution in [2.24, 2.45) is 11.8 Å². The largest absolute Gasteiger partial charge is 0.426 e. The Kier molecular flexibility index (Phi) is 4.68. The van der Waals surface area contributed by atoms with Crippen LogP contribution >= 0.6 is 0 Å². The summed E-state index contributed by atoms with van der Waals surface area (Å²) in [6, 6.07) is 1.83. The molecule has 9 nitrogen and oxygen atoms in total. The molecule has 0 aliphatic carbocycles. The van der Waals surface area contributed by atoms with Gasteiger partial charge >= 0.3 is 5.63 Å². The minimum atomic E-state index is -0.480. The second kappa shape index (κ2) is 7.27. The molecule has 0 spiro atoms. The van der Waals surface area contributed by atoms with Crippen LogP contribution in [0, 0.1) is 11.8 Å². The third-order valence-corrected chi connectivity index (χ3v) is 5.45. The van der Waals surface area contributed by atoms with E-state index in [9.17, 15) is 9.59 Å². The minimum absolute atomic E-state index is 0.0182. The molecule has 0 saturated carbocycles. The zero-order chi connectivity index (χ0) is 17.9. The van der Waals surface area contributed by atoms with E-state index in [1.807, 2.05) is 11.0 Å². The maximum atomic E-state index is 12.4. The molecule has 0 aromatic carbocycles. The number of hydrogen-bond donors (Lipinski definition) is 1. The number of anilines is 1. The average molecular weight is 359 g/mol. The van der Waals surface area contributed by atoms with Crippen molar-refractivity contribution in [3.8, 4) is 0 Å². The molecule has 1 unspecified atom stereocenters. The fraction of sp³-hybridized carbons (Fsp3) is 0.588. The van der Waals surface area contributed by atoms with E-state index < -0.39 is 5.63 Å². The molecule has 138 valence electrons. The van der Waals surface area contributed by atoms with Gasteiger partial charge in [-0.25, -0.2) is 14.8 Å². The lowest BCUT2D eigenvalue weighted by atomic mass is 9.84. The zero-order valence-electron chi connectivity index (χ0n) is 14.6. The molecule has 1 atom stereocenters. The molecule has 9 heteroatoms. The van der Waals surface area contributed by atoms with E-state index in [4.69, 9.17) is 0 Å². The molecular formula is C17H23N6O3+. The lowest BCUT2D eigenvalue weighted by molar-refractivity contribution is -0.751. The van der Waals surface area contributed by atoms with Gasteiger partial charge in [0.15, 0.2) is 0 Å². The third kappa shape index (κ3) is 3.61.